The van der Waals surface area contributed by atoms with Crippen LogP contribution < -0.4 is 15.8 Å². The van der Waals surface area contributed by atoms with Crippen LogP contribution in [0.5, 0.6) is 5.75 Å². The van der Waals surface area contributed by atoms with E-state index in [4.69, 9.17) is 10.5 Å². The number of amides is 1. The summed E-state index contributed by atoms with van der Waals surface area (Å²) in [6.45, 7) is 5.86. The second-order valence-electron chi connectivity index (χ2n) is 6.30. The number of aromatic amines is 1. The van der Waals surface area contributed by atoms with E-state index in [1.165, 1.54) is 12.8 Å². The molecule has 1 aliphatic heterocycles. The molecule has 0 aliphatic carbocycles. The van der Waals surface area contributed by atoms with Gasteiger partial charge in [0.2, 0.25) is 0 Å². The zero-order valence-electron chi connectivity index (χ0n) is 15.6. The van der Waals surface area contributed by atoms with Gasteiger partial charge in [-0.3, -0.25) is 9.69 Å². The van der Waals surface area contributed by atoms with Crippen LogP contribution in [0.2, 0.25) is 0 Å². The maximum absolute atomic E-state index is 12.2. The molecule has 1 fully saturated rings. The number of benzene rings is 1. The smallest absolute Gasteiger partial charge is 0.296 e. The quantitative estimate of drug-likeness (QED) is 0.514. The average Bonchev–Trinajstić information content (AvgIpc) is 3.26. The van der Waals surface area contributed by atoms with Gasteiger partial charge in [0.25, 0.3) is 5.91 Å². The molecule has 2 heterocycles. The monoisotopic (exact) mass is 415 g/mol. The third-order valence-electron chi connectivity index (χ3n) is 4.55. The minimum absolute atomic E-state index is 0. The van der Waals surface area contributed by atoms with Crippen molar-refractivity contribution in [3.8, 4) is 5.75 Å². The Labute approximate surface area is 171 Å². The van der Waals surface area contributed by atoms with Gasteiger partial charge in [0.1, 0.15) is 18.1 Å². The normalized spacial score (nSPS) is 14.5. The standard InChI is InChI=1S/C18H25N5O2.2ClH/c1-12-5-6-15(25-10-9-23-7-3-4-8-23)16-13(12)11-14(21-16)17(24)22-18(19)20-2;;/h5-6,11,21H,3-4,7-10H2,1-2H3,(H3,19,20,22,24);2*1H. The maximum atomic E-state index is 12.2. The molecule has 2 aromatic rings. The zero-order valence-corrected chi connectivity index (χ0v) is 17.2. The van der Waals surface area contributed by atoms with Crippen molar-refractivity contribution < 1.29 is 9.53 Å². The van der Waals surface area contributed by atoms with Crippen molar-refractivity contribution in [1.82, 2.24) is 15.2 Å². The molecule has 0 spiro atoms. The molecule has 0 unspecified atom stereocenters. The lowest BCUT2D eigenvalue weighted by atomic mass is 10.1. The molecule has 1 saturated heterocycles. The number of H-pyrrole nitrogens is 1. The summed E-state index contributed by atoms with van der Waals surface area (Å²) in [5.74, 6) is 0.428. The van der Waals surface area contributed by atoms with Crippen molar-refractivity contribution in [2.45, 2.75) is 19.8 Å². The van der Waals surface area contributed by atoms with Gasteiger partial charge in [-0.1, -0.05) is 6.07 Å². The van der Waals surface area contributed by atoms with Gasteiger partial charge in [0.15, 0.2) is 5.96 Å². The van der Waals surface area contributed by atoms with Crippen molar-refractivity contribution in [2.75, 3.05) is 33.3 Å². The van der Waals surface area contributed by atoms with Gasteiger partial charge in [-0.2, -0.15) is 4.99 Å². The van der Waals surface area contributed by atoms with Crippen molar-refractivity contribution in [3.05, 3.63) is 29.5 Å². The summed E-state index contributed by atoms with van der Waals surface area (Å²) in [7, 11) is 1.62. The van der Waals surface area contributed by atoms with E-state index in [1.54, 1.807) is 13.1 Å². The Morgan fingerprint density at radius 2 is 2.04 bits per heavy atom. The molecule has 7 nitrogen and oxygen atoms in total. The Kier molecular flexibility index (Phi) is 8.88. The number of fused-ring (bicyclic) bond motifs is 1. The van der Waals surface area contributed by atoms with E-state index in [2.05, 4.69) is 20.2 Å². The number of rotatable bonds is 5. The molecule has 3 rings (SSSR count). The number of aryl methyl sites for hydroxylation is 1. The first-order valence-electron chi connectivity index (χ1n) is 8.62. The van der Waals surface area contributed by atoms with Crippen molar-refractivity contribution in [3.63, 3.8) is 0 Å². The zero-order chi connectivity index (χ0) is 17.8. The van der Waals surface area contributed by atoms with Crippen LogP contribution in [0.15, 0.2) is 23.2 Å². The van der Waals surface area contributed by atoms with Crippen LogP contribution in [0, 0.1) is 6.92 Å². The van der Waals surface area contributed by atoms with Crippen molar-refractivity contribution in [1.29, 1.82) is 0 Å². The second kappa shape index (κ2) is 10.4. The largest absolute Gasteiger partial charge is 0.490 e. The highest BCUT2D eigenvalue weighted by atomic mass is 35.5. The fourth-order valence-corrected chi connectivity index (χ4v) is 3.09. The molecular formula is C18H27Cl2N5O2. The molecule has 9 heteroatoms. The maximum Gasteiger partial charge on any atom is 0.296 e. The number of ether oxygens (including phenoxy) is 1. The van der Waals surface area contributed by atoms with Gasteiger partial charge in [0.05, 0.1) is 5.52 Å². The van der Waals surface area contributed by atoms with Gasteiger partial charge in [0, 0.05) is 19.0 Å². The number of aliphatic imine (C=N–C) groups is 1. The van der Waals surface area contributed by atoms with Crippen LogP contribution in [-0.2, 0) is 0 Å². The number of hydrogen-bond acceptors (Lipinski definition) is 3. The first-order chi connectivity index (χ1) is 12.1. The van der Waals surface area contributed by atoms with Crippen LogP contribution in [0.1, 0.15) is 28.9 Å². The van der Waals surface area contributed by atoms with E-state index in [9.17, 15) is 4.79 Å². The Morgan fingerprint density at radius 1 is 1.33 bits per heavy atom. The average molecular weight is 416 g/mol. The summed E-state index contributed by atoms with van der Waals surface area (Å²) >= 11 is 0. The Morgan fingerprint density at radius 3 is 2.70 bits per heavy atom. The van der Waals surface area contributed by atoms with Gasteiger partial charge in [-0.05, 0) is 50.6 Å². The summed E-state index contributed by atoms with van der Waals surface area (Å²) in [6.07, 6.45) is 2.54. The lowest BCUT2D eigenvalue weighted by Crippen LogP contribution is -2.28. The predicted octanol–water partition coefficient (Wildman–Crippen LogP) is 2.47. The first-order valence-corrected chi connectivity index (χ1v) is 8.62. The Bertz CT molecular complexity index is 800. The minimum Gasteiger partial charge on any atom is -0.490 e. The number of nitrogens with one attached hydrogen (secondary N) is 2. The van der Waals surface area contributed by atoms with Crippen molar-refractivity contribution >= 4 is 47.6 Å². The number of carbonyl (C=O) groups is 1. The van der Waals surface area contributed by atoms with E-state index in [0.29, 0.717) is 12.3 Å². The molecule has 4 N–H and O–H groups in total. The number of guanidine groups is 1. The number of carbonyl (C=O) groups excluding carboxylic acids is 1. The highest BCUT2D eigenvalue weighted by Gasteiger charge is 2.15. The molecule has 1 aliphatic rings. The summed E-state index contributed by atoms with van der Waals surface area (Å²) in [5.41, 5.74) is 7.86. The van der Waals surface area contributed by atoms with Crippen LogP contribution in [0.4, 0.5) is 0 Å². The molecule has 1 amide bonds. The van der Waals surface area contributed by atoms with Gasteiger partial charge in [-0.25, -0.2) is 0 Å². The van der Waals surface area contributed by atoms with Crippen LogP contribution >= 0.6 is 24.8 Å². The van der Waals surface area contributed by atoms with Gasteiger partial charge in [-0.15, -0.1) is 24.8 Å². The molecule has 0 saturated carbocycles. The second-order valence-corrected chi connectivity index (χ2v) is 6.30. The minimum atomic E-state index is -0.412. The third-order valence-corrected chi connectivity index (χ3v) is 4.55. The number of nitrogens with zero attached hydrogens (tertiary/aromatic N) is 2. The number of halogens is 2. The van der Waals surface area contributed by atoms with E-state index in [0.717, 1.165) is 41.9 Å². The Balaban J connectivity index is 0.00000182. The van der Waals surface area contributed by atoms with Crippen molar-refractivity contribution in [2.24, 2.45) is 10.7 Å². The van der Waals surface area contributed by atoms with E-state index >= 15 is 0 Å². The molecule has 0 atom stereocenters. The molecule has 150 valence electrons. The molecular weight excluding hydrogens is 389 g/mol. The summed E-state index contributed by atoms with van der Waals surface area (Å²) in [6, 6.07) is 5.74. The fourth-order valence-electron chi connectivity index (χ4n) is 3.09. The van der Waals surface area contributed by atoms with E-state index in [1.807, 2.05) is 19.1 Å². The van der Waals surface area contributed by atoms with E-state index in [-0.39, 0.29) is 30.8 Å². The van der Waals surface area contributed by atoms with E-state index < -0.39 is 5.91 Å². The van der Waals surface area contributed by atoms with Crippen LogP contribution in [-0.4, -0.2) is 55.0 Å². The SMILES string of the molecule is CNC(N)=NC(=O)c1cc2c(C)ccc(OCCN3CCCC3)c2[nH]1.Cl.Cl. The molecule has 1 aromatic carbocycles. The fraction of sp³-hybridized carbons (Fsp3) is 0.444. The number of aromatic nitrogens is 1. The van der Waals surface area contributed by atoms with Gasteiger partial charge >= 0.3 is 0 Å². The highest BCUT2D eigenvalue weighted by Crippen LogP contribution is 2.29. The number of nitrogens with two attached hydrogens (primary N) is 1. The predicted molar refractivity (Wildman–Crippen MR) is 114 cm³/mol. The van der Waals surface area contributed by atoms with Crippen LogP contribution in [0.25, 0.3) is 10.9 Å². The topological polar surface area (TPSA) is 95.7 Å². The Hall–Kier alpha value is -1.96. The first kappa shape index (κ1) is 23.1. The number of hydrogen-bond donors (Lipinski definition) is 3. The third kappa shape index (κ3) is 5.51. The summed E-state index contributed by atoms with van der Waals surface area (Å²) in [4.78, 5) is 21.5. The molecule has 1 aromatic heterocycles. The summed E-state index contributed by atoms with van der Waals surface area (Å²) < 4.78 is 5.97. The molecule has 27 heavy (non-hydrogen) atoms. The molecule has 0 radical (unpaired) electrons. The van der Waals surface area contributed by atoms with Crippen LogP contribution in [0.3, 0.4) is 0 Å². The lowest BCUT2D eigenvalue weighted by molar-refractivity contribution is 0.0998. The number of likely N-dealkylation sites (tertiary alicyclic amines) is 1. The van der Waals surface area contributed by atoms with Gasteiger partial charge < -0.3 is 20.8 Å². The highest BCUT2D eigenvalue weighted by molar-refractivity contribution is 6.05. The summed E-state index contributed by atoms with van der Waals surface area (Å²) in [5, 5.41) is 3.60. The molecule has 0 bridgehead atoms. The lowest BCUT2D eigenvalue weighted by Gasteiger charge is -2.15.